The Morgan fingerprint density at radius 3 is 1.27 bits per heavy atom. The average molecular weight is 408 g/mol. The van der Waals surface area contributed by atoms with E-state index in [9.17, 15) is 4.79 Å². The van der Waals surface area contributed by atoms with Gasteiger partial charge in [0.1, 0.15) is 15.9 Å². The third-order valence-electron chi connectivity index (χ3n) is 5.13. The minimum Gasteiger partial charge on any atom is -0.292 e. The maximum absolute atomic E-state index is 13.0. The summed E-state index contributed by atoms with van der Waals surface area (Å²) in [6.45, 7) is 4.44. The highest BCUT2D eigenvalue weighted by molar-refractivity contribution is 7.98. The summed E-state index contributed by atoms with van der Waals surface area (Å²) < 4.78 is 0. The van der Waals surface area contributed by atoms with Crippen LogP contribution in [0.25, 0.3) is 0 Å². The first-order valence-electron chi connectivity index (χ1n) is 9.84. The lowest BCUT2D eigenvalue weighted by atomic mass is 10.2. The number of rotatable bonds is 6. The molecule has 0 aliphatic rings. The number of hydrogen-bond donors (Lipinski definition) is 1. The molecule has 4 aromatic carbocycles. The molecule has 0 heterocycles. The Morgan fingerprint density at radius 1 is 0.567 bits per heavy atom. The summed E-state index contributed by atoms with van der Waals surface area (Å²) >= 11 is 0. The Bertz CT molecular complexity index is 1030. The van der Waals surface area contributed by atoms with Crippen LogP contribution in [0.2, 0.25) is 0 Å². The van der Waals surface area contributed by atoms with E-state index in [1.165, 1.54) is 0 Å². The molecule has 1 amide bonds. The van der Waals surface area contributed by atoms with Crippen molar-refractivity contribution in [1.82, 2.24) is 5.32 Å². The molecule has 0 aliphatic heterocycles. The second kappa shape index (κ2) is 8.90. The molecule has 0 saturated carbocycles. The Kier molecular flexibility index (Phi) is 5.88. The van der Waals surface area contributed by atoms with Gasteiger partial charge in [0.05, 0.1) is 0 Å². The molecular formula is C27H23NOP+. The van der Waals surface area contributed by atoms with Crippen molar-refractivity contribution in [3.63, 3.8) is 0 Å². The predicted molar refractivity (Wildman–Crippen MR) is 128 cm³/mol. The Balaban J connectivity index is 1.91. The van der Waals surface area contributed by atoms with Gasteiger partial charge in [0.2, 0.25) is 0 Å². The summed E-state index contributed by atoms with van der Waals surface area (Å²) in [6.07, 6.45) is 0. The molecule has 0 atom stereocenters. The first kappa shape index (κ1) is 19.8. The number of benzene rings is 4. The van der Waals surface area contributed by atoms with Gasteiger partial charge in [0, 0.05) is 5.56 Å². The van der Waals surface area contributed by atoms with Gasteiger partial charge in [0.25, 0.3) is 5.91 Å². The maximum Gasteiger partial charge on any atom is 0.258 e. The third kappa shape index (κ3) is 3.70. The minimum absolute atomic E-state index is 0.146. The molecular weight excluding hydrogens is 385 g/mol. The summed E-state index contributed by atoms with van der Waals surface area (Å²) in [5.74, 6) is -0.146. The van der Waals surface area contributed by atoms with Crippen LogP contribution in [-0.4, -0.2) is 5.91 Å². The van der Waals surface area contributed by atoms with Crippen molar-refractivity contribution in [2.45, 2.75) is 0 Å². The molecule has 0 aromatic heterocycles. The van der Waals surface area contributed by atoms with E-state index >= 15 is 0 Å². The first-order chi connectivity index (χ1) is 14.7. The lowest BCUT2D eigenvalue weighted by molar-refractivity contribution is 0.0968. The molecule has 0 spiro atoms. The van der Waals surface area contributed by atoms with Gasteiger partial charge in [-0.15, -0.1) is 0 Å². The molecule has 0 unspecified atom stereocenters. The molecule has 30 heavy (non-hydrogen) atoms. The van der Waals surface area contributed by atoms with Crippen molar-refractivity contribution in [2.24, 2.45) is 0 Å². The number of carbonyl (C=O) groups excluding carboxylic acids is 1. The molecule has 0 bridgehead atoms. The minimum atomic E-state index is -2.35. The fourth-order valence-electron chi connectivity index (χ4n) is 3.75. The highest BCUT2D eigenvalue weighted by Crippen LogP contribution is 2.60. The van der Waals surface area contributed by atoms with E-state index in [-0.39, 0.29) is 5.91 Å². The molecule has 3 heteroatoms. The first-order valence-corrected chi connectivity index (χ1v) is 11.6. The molecule has 4 aromatic rings. The van der Waals surface area contributed by atoms with E-state index in [2.05, 4.69) is 48.3 Å². The SMILES string of the molecule is C=C(NC(=O)c1ccccc1)[P+](c1ccccc1)(c1ccccc1)c1ccccc1. The zero-order chi connectivity index (χ0) is 20.8. The normalized spacial score (nSPS) is 10.9. The van der Waals surface area contributed by atoms with Gasteiger partial charge in [-0.1, -0.05) is 72.8 Å². The topological polar surface area (TPSA) is 29.1 Å². The van der Waals surface area contributed by atoms with Crippen molar-refractivity contribution < 1.29 is 4.79 Å². The Labute approximate surface area is 178 Å². The van der Waals surface area contributed by atoms with Crippen LogP contribution in [-0.2, 0) is 0 Å². The van der Waals surface area contributed by atoms with Crippen molar-refractivity contribution in [1.29, 1.82) is 0 Å². The van der Waals surface area contributed by atoms with Crippen molar-refractivity contribution in [2.75, 3.05) is 0 Å². The average Bonchev–Trinajstić information content (AvgIpc) is 2.82. The predicted octanol–water partition coefficient (Wildman–Crippen LogP) is 4.88. The smallest absolute Gasteiger partial charge is 0.258 e. The standard InChI is InChI=1S/C27H22NOP/c1-22(28-27(29)23-14-6-2-7-15-23)30(24-16-8-3-9-17-24,25-18-10-4-11-19-25)26-20-12-5-13-21-26/h2-21H,1H2/p+1. The lowest BCUT2D eigenvalue weighted by Gasteiger charge is -2.28. The molecule has 1 N–H and O–H groups in total. The van der Waals surface area contributed by atoms with Crippen LogP contribution < -0.4 is 21.2 Å². The zero-order valence-corrected chi connectivity index (χ0v) is 17.5. The molecule has 2 nitrogen and oxygen atoms in total. The van der Waals surface area contributed by atoms with Crippen LogP contribution in [0.15, 0.2) is 133 Å². The third-order valence-corrected chi connectivity index (χ3v) is 9.27. The molecule has 0 saturated heterocycles. The lowest BCUT2D eigenvalue weighted by Crippen LogP contribution is -2.37. The molecule has 4 rings (SSSR count). The van der Waals surface area contributed by atoms with Gasteiger partial charge < -0.3 is 0 Å². The number of nitrogens with one attached hydrogen (secondary N) is 1. The van der Waals surface area contributed by atoms with E-state index in [1.54, 1.807) is 0 Å². The fraction of sp³-hybridized carbons (Fsp3) is 0. The van der Waals surface area contributed by atoms with Crippen molar-refractivity contribution in [3.05, 3.63) is 139 Å². The molecule has 0 fully saturated rings. The van der Waals surface area contributed by atoms with E-state index in [0.29, 0.717) is 5.56 Å². The fourth-order valence-corrected chi connectivity index (χ4v) is 7.70. The van der Waals surface area contributed by atoms with Crippen LogP contribution in [0, 0.1) is 0 Å². The Morgan fingerprint density at radius 2 is 0.900 bits per heavy atom. The van der Waals surface area contributed by atoms with Gasteiger partial charge >= 0.3 is 0 Å². The maximum atomic E-state index is 13.0. The monoisotopic (exact) mass is 408 g/mol. The quantitative estimate of drug-likeness (QED) is 0.453. The van der Waals surface area contributed by atoms with Crippen LogP contribution in [0.4, 0.5) is 0 Å². The van der Waals surface area contributed by atoms with Gasteiger partial charge in [-0.2, -0.15) is 0 Å². The van der Waals surface area contributed by atoms with E-state index in [1.807, 2.05) is 84.9 Å². The second-order valence-electron chi connectivity index (χ2n) is 6.94. The van der Waals surface area contributed by atoms with Crippen LogP contribution in [0.5, 0.6) is 0 Å². The van der Waals surface area contributed by atoms with Gasteiger partial charge in [-0.3, -0.25) is 10.1 Å². The number of carbonyl (C=O) groups is 1. The summed E-state index contributed by atoms with van der Waals surface area (Å²) in [4.78, 5) is 13.0. The molecule has 146 valence electrons. The van der Waals surface area contributed by atoms with E-state index < -0.39 is 7.26 Å². The van der Waals surface area contributed by atoms with E-state index in [0.717, 1.165) is 21.4 Å². The van der Waals surface area contributed by atoms with Crippen molar-refractivity contribution >= 4 is 29.1 Å². The highest BCUT2D eigenvalue weighted by atomic mass is 31.2. The van der Waals surface area contributed by atoms with Crippen LogP contribution in [0.3, 0.4) is 0 Å². The number of amides is 1. The molecule has 0 radical (unpaired) electrons. The van der Waals surface area contributed by atoms with Gasteiger partial charge in [0.15, 0.2) is 12.7 Å². The van der Waals surface area contributed by atoms with Crippen LogP contribution in [0.1, 0.15) is 10.4 Å². The molecule has 0 aliphatic carbocycles. The highest BCUT2D eigenvalue weighted by Gasteiger charge is 2.49. The Hall–Kier alpha value is -3.48. The van der Waals surface area contributed by atoms with Crippen LogP contribution >= 0.6 is 7.26 Å². The van der Waals surface area contributed by atoms with Gasteiger partial charge in [-0.25, -0.2) is 0 Å². The van der Waals surface area contributed by atoms with Crippen molar-refractivity contribution in [3.8, 4) is 0 Å². The zero-order valence-electron chi connectivity index (χ0n) is 16.6. The largest absolute Gasteiger partial charge is 0.292 e. The summed E-state index contributed by atoms with van der Waals surface area (Å²) in [5.41, 5.74) is 1.34. The van der Waals surface area contributed by atoms with E-state index in [4.69, 9.17) is 0 Å². The summed E-state index contributed by atoms with van der Waals surface area (Å²) in [7, 11) is -2.35. The number of hydrogen-bond acceptors (Lipinski definition) is 1. The summed E-state index contributed by atoms with van der Waals surface area (Å²) in [6, 6.07) is 40.4. The van der Waals surface area contributed by atoms with Gasteiger partial charge in [-0.05, 0) is 55.1 Å². The summed E-state index contributed by atoms with van der Waals surface area (Å²) in [5, 5.41) is 6.61. The second-order valence-corrected chi connectivity index (χ2v) is 10.4.